The molecule has 3 rings (SSSR count). The summed E-state index contributed by atoms with van der Waals surface area (Å²) in [4.78, 5) is 12.3. The molecule has 0 spiro atoms. The monoisotopic (exact) mass is 186 g/mol. The Bertz CT molecular complexity index is 514. The smallest absolute Gasteiger partial charge is 0.308 e. The van der Waals surface area contributed by atoms with E-state index in [1.807, 2.05) is 6.07 Å². The maximum Gasteiger partial charge on any atom is 0.308 e. The molecule has 0 radical (unpaired) electrons. The van der Waals surface area contributed by atoms with Crippen molar-refractivity contribution in [2.45, 2.75) is 0 Å². The summed E-state index contributed by atoms with van der Waals surface area (Å²) < 4.78 is 6.87. The molecule has 0 aromatic carbocycles. The zero-order chi connectivity index (χ0) is 9.38. The lowest BCUT2D eigenvalue weighted by atomic mass is 10.3. The molecular formula is C9H6N4O. The fourth-order valence-corrected chi connectivity index (χ4v) is 1.35. The summed E-state index contributed by atoms with van der Waals surface area (Å²) >= 11 is 0. The molecule has 1 aromatic heterocycles. The fraction of sp³-hybridized carbons (Fsp3) is 0. The number of aromatic nitrogens is 4. The van der Waals surface area contributed by atoms with Crippen LogP contribution < -0.4 is 0 Å². The molecule has 2 aliphatic heterocycles. The molecule has 0 bridgehead atoms. The van der Waals surface area contributed by atoms with Gasteiger partial charge in [0.2, 0.25) is 0 Å². The highest BCUT2D eigenvalue weighted by Crippen LogP contribution is 2.20. The SMILES string of the molecule is c1coc(-n2cncc3ccnc2-3)n1. The molecule has 0 atom stereocenters. The molecular weight excluding hydrogens is 180 g/mol. The third kappa shape index (κ3) is 0.922. The first kappa shape index (κ1) is 7.25. The van der Waals surface area contributed by atoms with Gasteiger partial charge in [-0.15, -0.1) is 0 Å². The first-order chi connectivity index (χ1) is 6.95. The molecule has 0 unspecified atom stereocenters. The van der Waals surface area contributed by atoms with Gasteiger partial charge >= 0.3 is 6.01 Å². The highest BCUT2D eigenvalue weighted by molar-refractivity contribution is 5.56. The van der Waals surface area contributed by atoms with E-state index in [0.29, 0.717) is 6.01 Å². The highest BCUT2D eigenvalue weighted by atomic mass is 16.4. The van der Waals surface area contributed by atoms with Crippen LogP contribution in [0.15, 0.2) is 41.7 Å². The van der Waals surface area contributed by atoms with Gasteiger partial charge in [-0.05, 0) is 6.07 Å². The van der Waals surface area contributed by atoms with Gasteiger partial charge < -0.3 is 4.42 Å². The summed E-state index contributed by atoms with van der Waals surface area (Å²) in [6, 6.07) is 2.36. The summed E-state index contributed by atoms with van der Waals surface area (Å²) in [6.07, 6.45) is 8.21. The molecule has 5 nitrogen and oxygen atoms in total. The summed E-state index contributed by atoms with van der Waals surface area (Å²) in [6.45, 7) is 0. The second-order valence-electron chi connectivity index (χ2n) is 2.80. The van der Waals surface area contributed by atoms with Gasteiger partial charge in [0.1, 0.15) is 12.6 Å². The van der Waals surface area contributed by atoms with Crippen LogP contribution in [-0.2, 0) is 0 Å². The Morgan fingerprint density at radius 3 is 3.07 bits per heavy atom. The molecule has 0 fully saturated rings. The van der Waals surface area contributed by atoms with Crippen molar-refractivity contribution in [2.75, 3.05) is 0 Å². The minimum absolute atomic E-state index is 0.474. The summed E-state index contributed by atoms with van der Waals surface area (Å²) in [7, 11) is 0. The first-order valence-corrected chi connectivity index (χ1v) is 4.12. The number of fused-ring (bicyclic) bond motifs is 1. The van der Waals surface area contributed by atoms with Gasteiger partial charge in [-0.25, -0.2) is 19.5 Å². The standard InChI is InChI=1S/C9H6N4O/c1-2-11-8-7(1)5-10-6-13(8)9-12-3-4-14-9/h1-6H. The summed E-state index contributed by atoms with van der Waals surface area (Å²) in [5.74, 6) is 0.794. The Kier molecular flexibility index (Phi) is 1.38. The van der Waals surface area contributed by atoms with Crippen LogP contribution in [0.25, 0.3) is 17.4 Å². The number of hydrogen-bond acceptors (Lipinski definition) is 4. The number of oxazole rings is 1. The van der Waals surface area contributed by atoms with Crippen LogP contribution in [0.1, 0.15) is 0 Å². The van der Waals surface area contributed by atoms with Crippen molar-refractivity contribution in [3.05, 3.63) is 37.2 Å². The molecule has 5 heteroatoms. The molecule has 14 heavy (non-hydrogen) atoms. The van der Waals surface area contributed by atoms with Crippen LogP contribution in [0.4, 0.5) is 0 Å². The molecule has 0 N–H and O–H groups in total. The molecule has 0 saturated carbocycles. The second-order valence-corrected chi connectivity index (χ2v) is 2.80. The highest BCUT2D eigenvalue weighted by Gasteiger charge is 2.11. The van der Waals surface area contributed by atoms with Gasteiger partial charge in [0, 0.05) is 18.0 Å². The fourth-order valence-electron chi connectivity index (χ4n) is 1.35. The normalized spacial score (nSPS) is 10.9. The Morgan fingerprint density at radius 1 is 1.21 bits per heavy atom. The molecule has 0 aliphatic carbocycles. The zero-order valence-corrected chi connectivity index (χ0v) is 7.16. The Hall–Kier alpha value is -2.17. The van der Waals surface area contributed by atoms with Gasteiger partial charge in [-0.1, -0.05) is 0 Å². The van der Waals surface area contributed by atoms with Crippen molar-refractivity contribution in [3.8, 4) is 17.4 Å². The Labute approximate surface area is 79.4 Å². The van der Waals surface area contributed by atoms with E-state index in [4.69, 9.17) is 4.42 Å². The van der Waals surface area contributed by atoms with E-state index >= 15 is 0 Å². The van der Waals surface area contributed by atoms with Crippen molar-refractivity contribution < 1.29 is 4.42 Å². The Morgan fingerprint density at radius 2 is 2.21 bits per heavy atom. The third-order valence-electron chi connectivity index (χ3n) is 1.96. The van der Waals surface area contributed by atoms with Crippen LogP contribution in [0.2, 0.25) is 0 Å². The van der Waals surface area contributed by atoms with Crippen molar-refractivity contribution in [3.63, 3.8) is 0 Å². The van der Waals surface area contributed by atoms with Crippen LogP contribution in [0.5, 0.6) is 0 Å². The maximum atomic E-state index is 5.17. The quantitative estimate of drug-likeness (QED) is 0.575. The molecule has 2 aliphatic rings. The largest absolute Gasteiger partial charge is 0.432 e. The minimum atomic E-state index is 0.474. The summed E-state index contributed by atoms with van der Waals surface area (Å²) in [5.41, 5.74) is 0.964. The third-order valence-corrected chi connectivity index (χ3v) is 1.96. The molecule has 0 amide bonds. The van der Waals surface area contributed by atoms with E-state index in [9.17, 15) is 0 Å². The van der Waals surface area contributed by atoms with Gasteiger partial charge in [-0.3, -0.25) is 0 Å². The van der Waals surface area contributed by atoms with Gasteiger partial charge in [-0.2, -0.15) is 0 Å². The van der Waals surface area contributed by atoms with Crippen molar-refractivity contribution >= 4 is 0 Å². The molecule has 0 saturated heterocycles. The van der Waals surface area contributed by atoms with Crippen LogP contribution in [-0.4, -0.2) is 19.5 Å². The molecule has 1 aromatic rings. The van der Waals surface area contributed by atoms with E-state index in [2.05, 4.69) is 15.0 Å². The molecule has 3 heterocycles. The van der Waals surface area contributed by atoms with Gasteiger partial charge in [0.25, 0.3) is 0 Å². The first-order valence-electron chi connectivity index (χ1n) is 4.12. The molecule has 68 valence electrons. The van der Waals surface area contributed by atoms with Crippen molar-refractivity contribution in [1.29, 1.82) is 0 Å². The Balaban J connectivity index is 2.28. The van der Waals surface area contributed by atoms with E-state index in [0.717, 1.165) is 11.4 Å². The van der Waals surface area contributed by atoms with Crippen molar-refractivity contribution in [2.24, 2.45) is 0 Å². The van der Waals surface area contributed by atoms with E-state index in [1.165, 1.54) is 6.26 Å². The van der Waals surface area contributed by atoms with Crippen LogP contribution in [0, 0.1) is 0 Å². The predicted molar refractivity (Wildman–Crippen MR) is 48.0 cm³/mol. The number of hydrogen-bond donors (Lipinski definition) is 0. The maximum absolute atomic E-state index is 5.17. The average Bonchev–Trinajstić information content (AvgIpc) is 2.88. The van der Waals surface area contributed by atoms with Crippen LogP contribution in [0.3, 0.4) is 0 Å². The van der Waals surface area contributed by atoms with E-state index < -0.39 is 0 Å². The average molecular weight is 186 g/mol. The van der Waals surface area contributed by atoms with E-state index in [1.54, 1.807) is 29.5 Å². The predicted octanol–water partition coefficient (Wildman–Crippen LogP) is 1.36. The van der Waals surface area contributed by atoms with Gasteiger partial charge in [0.05, 0.1) is 6.20 Å². The van der Waals surface area contributed by atoms with E-state index in [-0.39, 0.29) is 0 Å². The number of nitrogens with zero attached hydrogens (tertiary/aromatic N) is 4. The second kappa shape index (κ2) is 2.66. The lowest BCUT2D eigenvalue weighted by Gasteiger charge is -2.04. The van der Waals surface area contributed by atoms with Crippen molar-refractivity contribution in [1.82, 2.24) is 19.5 Å². The zero-order valence-electron chi connectivity index (χ0n) is 7.16. The minimum Gasteiger partial charge on any atom is -0.432 e. The lowest BCUT2D eigenvalue weighted by Crippen LogP contribution is -2.01. The topological polar surface area (TPSA) is 56.7 Å². The number of rotatable bonds is 1. The lowest BCUT2D eigenvalue weighted by molar-refractivity contribution is 0.524. The van der Waals surface area contributed by atoms with Crippen LogP contribution >= 0.6 is 0 Å². The van der Waals surface area contributed by atoms with Gasteiger partial charge in [0.15, 0.2) is 5.82 Å². The summed E-state index contributed by atoms with van der Waals surface area (Å²) in [5, 5.41) is 0.